The Bertz CT molecular complexity index is 771. The van der Waals surface area contributed by atoms with Crippen LogP contribution in [0.15, 0.2) is 79.0 Å². The van der Waals surface area contributed by atoms with Crippen molar-refractivity contribution in [1.29, 1.82) is 0 Å². The molecule has 0 aliphatic heterocycles. The van der Waals surface area contributed by atoms with Gasteiger partial charge in [-0.1, -0.05) is 60.7 Å². The number of hydrogen-bond donors (Lipinski definition) is 0. The van der Waals surface area contributed by atoms with Crippen LogP contribution in [-0.2, 0) is 11.2 Å². The van der Waals surface area contributed by atoms with Crippen molar-refractivity contribution >= 4 is 6.16 Å². The summed E-state index contributed by atoms with van der Waals surface area (Å²) in [4.78, 5) is 15.5. The average molecular weight is 319 g/mol. The van der Waals surface area contributed by atoms with Gasteiger partial charge in [-0.2, -0.15) is 0 Å². The predicted octanol–water partition coefficient (Wildman–Crippen LogP) is 4.51. The predicted molar refractivity (Wildman–Crippen MR) is 91.8 cm³/mol. The van der Waals surface area contributed by atoms with E-state index in [0.717, 1.165) is 11.1 Å². The zero-order chi connectivity index (χ0) is 16.6. The molecular weight excluding hydrogens is 302 g/mol. The number of benzene rings is 2. The summed E-state index contributed by atoms with van der Waals surface area (Å²) in [5.74, 6) is 0.231. The molecule has 0 radical (unpaired) electrons. The molecule has 1 aromatic heterocycles. The third-order valence-corrected chi connectivity index (χ3v) is 3.50. The van der Waals surface area contributed by atoms with E-state index in [1.165, 1.54) is 5.56 Å². The minimum Gasteiger partial charge on any atom is -0.434 e. The fraction of sp³-hybridized carbons (Fsp3) is 0.100. The number of ether oxygens (including phenoxy) is 2. The second kappa shape index (κ2) is 7.92. The lowest BCUT2D eigenvalue weighted by molar-refractivity contribution is 0.0986. The highest BCUT2D eigenvalue weighted by molar-refractivity contribution is 5.64. The summed E-state index contributed by atoms with van der Waals surface area (Å²) < 4.78 is 10.0. The van der Waals surface area contributed by atoms with E-state index in [2.05, 4.69) is 29.2 Å². The van der Waals surface area contributed by atoms with Gasteiger partial charge >= 0.3 is 6.16 Å². The summed E-state index contributed by atoms with van der Waals surface area (Å²) in [7, 11) is 0. The van der Waals surface area contributed by atoms with Crippen LogP contribution in [0.5, 0.6) is 5.88 Å². The molecule has 24 heavy (non-hydrogen) atoms. The number of pyridine rings is 1. The Morgan fingerprint density at radius 1 is 0.833 bits per heavy atom. The third-order valence-electron chi connectivity index (χ3n) is 3.50. The number of nitrogens with zero attached hydrogens (tertiary/aromatic N) is 1. The van der Waals surface area contributed by atoms with Crippen molar-refractivity contribution in [3.05, 3.63) is 84.6 Å². The van der Waals surface area contributed by atoms with E-state index in [9.17, 15) is 4.79 Å². The summed E-state index contributed by atoms with van der Waals surface area (Å²) in [6.07, 6.45) is 1.44. The smallest absolute Gasteiger partial charge is 0.434 e. The van der Waals surface area contributed by atoms with E-state index in [-0.39, 0.29) is 12.5 Å². The van der Waals surface area contributed by atoms with Gasteiger partial charge < -0.3 is 9.47 Å². The van der Waals surface area contributed by atoms with Crippen molar-refractivity contribution in [3.8, 4) is 17.0 Å². The van der Waals surface area contributed by atoms with Crippen LogP contribution in [0.2, 0.25) is 0 Å². The van der Waals surface area contributed by atoms with Gasteiger partial charge in [0.25, 0.3) is 0 Å². The Balaban J connectivity index is 1.48. The first kappa shape index (κ1) is 15.7. The van der Waals surface area contributed by atoms with Crippen molar-refractivity contribution in [2.24, 2.45) is 0 Å². The van der Waals surface area contributed by atoms with Crippen LogP contribution in [0.4, 0.5) is 4.79 Å². The van der Waals surface area contributed by atoms with Gasteiger partial charge in [0.15, 0.2) is 0 Å². The molecule has 0 bridgehead atoms. The second-order valence-electron chi connectivity index (χ2n) is 5.18. The molecule has 4 heteroatoms. The van der Waals surface area contributed by atoms with Gasteiger partial charge in [0.2, 0.25) is 5.88 Å². The maximum absolute atomic E-state index is 11.6. The highest BCUT2D eigenvalue weighted by Gasteiger charge is 2.06. The minimum absolute atomic E-state index is 0.231. The molecule has 0 N–H and O–H groups in total. The Morgan fingerprint density at radius 3 is 2.25 bits per heavy atom. The molecule has 3 rings (SSSR count). The lowest BCUT2D eigenvalue weighted by Gasteiger charge is -2.06. The molecule has 0 aliphatic rings. The molecule has 0 fully saturated rings. The SMILES string of the molecule is O=C(OCCc1ccc(-c2ccccc2)cc1)Oc1ccccn1. The van der Waals surface area contributed by atoms with Gasteiger partial charge in [0.1, 0.15) is 0 Å². The number of carbonyl (C=O) groups is 1. The molecule has 0 saturated carbocycles. The third kappa shape index (κ3) is 4.43. The monoisotopic (exact) mass is 319 g/mol. The molecule has 3 aromatic rings. The minimum atomic E-state index is -0.741. The Hall–Kier alpha value is -3.14. The summed E-state index contributed by atoms with van der Waals surface area (Å²) in [6.45, 7) is 0.260. The largest absolute Gasteiger partial charge is 0.515 e. The molecule has 0 amide bonds. The van der Waals surface area contributed by atoms with Gasteiger partial charge in [-0.05, 0) is 22.8 Å². The maximum Gasteiger partial charge on any atom is 0.515 e. The van der Waals surface area contributed by atoms with Crippen LogP contribution in [0.1, 0.15) is 5.56 Å². The van der Waals surface area contributed by atoms with Gasteiger partial charge in [0.05, 0.1) is 6.61 Å². The first-order valence-electron chi connectivity index (χ1n) is 7.71. The Morgan fingerprint density at radius 2 is 1.54 bits per heavy atom. The maximum atomic E-state index is 11.6. The van der Waals surface area contributed by atoms with Gasteiger partial charge in [-0.15, -0.1) is 0 Å². The Kier molecular flexibility index (Phi) is 5.20. The first-order valence-corrected chi connectivity index (χ1v) is 7.71. The van der Waals surface area contributed by atoms with Crippen molar-refractivity contribution in [1.82, 2.24) is 4.98 Å². The van der Waals surface area contributed by atoms with E-state index < -0.39 is 6.16 Å². The van der Waals surface area contributed by atoms with E-state index >= 15 is 0 Å². The molecule has 0 aliphatic carbocycles. The van der Waals surface area contributed by atoms with Gasteiger partial charge in [-0.25, -0.2) is 9.78 Å². The number of hydrogen-bond acceptors (Lipinski definition) is 4. The average Bonchev–Trinajstić information content (AvgIpc) is 2.64. The Labute approximate surface area is 140 Å². The normalized spacial score (nSPS) is 10.2. The highest BCUT2D eigenvalue weighted by atomic mass is 16.7. The van der Waals surface area contributed by atoms with E-state index in [0.29, 0.717) is 6.42 Å². The van der Waals surface area contributed by atoms with Crippen molar-refractivity contribution in [2.45, 2.75) is 6.42 Å². The van der Waals surface area contributed by atoms with Crippen molar-refractivity contribution < 1.29 is 14.3 Å². The van der Waals surface area contributed by atoms with Crippen LogP contribution in [0.25, 0.3) is 11.1 Å². The zero-order valence-corrected chi connectivity index (χ0v) is 13.1. The van der Waals surface area contributed by atoms with E-state index in [1.807, 2.05) is 30.3 Å². The molecule has 0 atom stereocenters. The quantitative estimate of drug-likeness (QED) is 0.649. The molecule has 0 saturated heterocycles. The molecule has 2 aromatic carbocycles. The van der Waals surface area contributed by atoms with Gasteiger partial charge in [0, 0.05) is 18.7 Å². The lowest BCUT2D eigenvalue weighted by Crippen LogP contribution is -2.13. The summed E-state index contributed by atoms with van der Waals surface area (Å²) >= 11 is 0. The number of aromatic nitrogens is 1. The van der Waals surface area contributed by atoms with Crippen LogP contribution in [0, 0.1) is 0 Å². The summed E-state index contributed by atoms with van der Waals surface area (Å²) in [6, 6.07) is 23.5. The van der Waals surface area contributed by atoms with Crippen LogP contribution in [0.3, 0.4) is 0 Å². The van der Waals surface area contributed by atoms with Gasteiger partial charge in [-0.3, -0.25) is 0 Å². The van der Waals surface area contributed by atoms with Crippen molar-refractivity contribution in [2.75, 3.05) is 6.61 Å². The second-order valence-corrected chi connectivity index (χ2v) is 5.18. The topological polar surface area (TPSA) is 48.4 Å². The van der Waals surface area contributed by atoms with E-state index in [4.69, 9.17) is 9.47 Å². The van der Waals surface area contributed by atoms with Crippen molar-refractivity contribution in [3.63, 3.8) is 0 Å². The van der Waals surface area contributed by atoms with Crippen LogP contribution >= 0.6 is 0 Å². The number of rotatable bonds is 5. The molecule has 120 valence electrons. The fourth-order valence-electron chi connectivity index (χ4n) is 2.27. The number of carbonyl (C=O) groups excluding carboxylic acids is 1. The van der Waals surface area contributed by atoms with E-state index in [1.54, 1.807) is 24.4 Å². The lowest BCUT2D eigenvalue weighted by atomic mass is 10.0. The van der Waals surface area contributed by atoms with Crippen LogP contribution < -0.4 is 4.74 Å². The zero-order valence-electron chi connectivity index (χ0n) is 13.1. The molecule has 1 heterocycles. The molecular formula is C20H17NO3. The summed E-state index contributed by atoms with van der Waals surface area (Å²) in [5, 5.41) is 0. The fourth-order valence-corrected chi connectivity index (χ4v) is 2.27. The molecule has 0 spiro atoms. The standard InChI is InChI=1S/C20H17NO3/c22-20(24-19-8-4-5-14-21-19)23-15-13-16-9-11-18(12-10-16)17-6-2-1-3-7-17/h1-12,14H,13,15H2. The first-order chi connectivity index (χ1) is 11.8. The summed E-state index contributed by atoms with van der Waals surface area (Å²) in [5.41, 5.74) is 3.44. The highest BCUT2D eigenvalue weighted by Crippen LogP contribution is 2.19. The molecule has 0 unspecified atom stereocenters. The molecule has 4 nitrogen and oxygen atoms in total. The van der Waals surface area contributed by atoms with Crippen LogP contribution in [-0.4, -0.2) is 17.7 Å².